The molecule has 0 bridgehead atoms. The van der Waals surface area contributed by atoms with E-state index in [2.05, 4.69) is 30.5 Å². The van der Waals surface area contributed by atoms with E-state index in [0.717, 1.165) is 38.5 Å². The molecular weight excluding hydrogens is 496 g/mol. The molecule has 3 N–H and O–H groups in total. The van der Waals surface area contributed by atoms with Crippen LogP contribution in [0.1, 0.15) is 75.5 Å². The van der Waals surface area contributed by atoms with Crippen LogP contribution in [0.2, 0.25) is 0 Å². The molecule has 2 aliphatic heterocycles. The zero-order chi connectivity index (χ0) is 26.2. The molecule has 1 aliphatic carbocycles. The molecule has 3 aromatic heterocycles. The highest BCUT2D eigenvalue weighted by Crippen LogP contribution is 2.41. The lowest BCUT2D eigenvalue weighted by atomic mass is 10.1. The molecular formula is C24H32N8O6. The minimum Gasteiger partial charge on any atom is -0.450 e. The average Bonchev–Trinajstić information content (AvgIpc) is 3.73. The van der Waals surface area contributed by atoms with Crippen molar-refractivity contribution in [1.82, 2.24) is 34.6 Å². The molecule has 0 radical (unpaired) electrons. The van der Waals surface area contributed by atoms with Gasteiger partial charge in [-0.05, 0) is 32.6 Å². The van der Waals surface area contributed by atoms with Crippen molar-refractivity contribution in [2.75, 3.05) is 25.0 Å². The molecule has 4 atom stereocenters. The Hall–Kier alpha value is -3.36. The quantitative estimate of drug-likeness (QED) is 0.424. The van der Waals surface area contributed by atoms with Gasteiger partial charge in [0.1, 0.15) is 18.5 Å². The van der Waals surface area contributed by atoms with Crippen molar-refractivity contribution in [2.45, 2.75) is 81.9 Å². The summed E-state index contributed by atoms with van der Waals surface area (Å²) < 4.78 is 18.6. The second-order valence-corrected chi connectivity index (χ2v) is 10.0. The molecule has 0 unspecified atom stereocenters. The second kappa shape index (κ2) is 10.4. The molecule has 6 rings (SSSR count). The maximum atomic E-state index is 12.0. The number of nitrogens with zero attached hydrogens (tertiary/aromatic N) is 7. The predicted octanol–water partition coefficient (Wildman–Crippen LogP) is 1.89. The highest BCUT2D eigenvalue weighted by Gasteiger charge is 2.48. The van der Waals surface area contributed by atoms with E-state index in [1.54, 1.807) is 16.4 Å². The average molecular weight is 529 g/mol. The van der Waals surface area contributed by atoms with Gasteiger partial charge in [-0.2, -0.15) is 0 Å². The molecule has 0 spiro atoms. The molecule has 0 aromatic carbocycles. The van der Waals surface area contributed by atoms with E-state index in [1.165, 1.54) is 12.7 Å². The first-order chi connectivity index (χ1) is 18.5. The number of piperidine rings is 1. The molecule has 38 heavy (non-hydrogen) atoms. The number of aliphatic hydroxyl groups is 2. The van der Waals surface area contributed by atoms with Crippen LogP contribution in [0.3, 0.4) is 0 Å². The minimum absolute atomic E-state index is 0.0926. The first kappa shape index (κ1) is 24.9. The van der Waals surface area contributed by atoms with Gasteiger partial charge in [0, 0.05) is 25.0 Å². The van der Waals surface area contributed by atoms with Crippen LogP contribution in [0, 0.1) is 0 Å². The van der Waals surface area contributed by atoms with Gasteiger partial charge >= 0.3 is 6.09 Å². The van der Waals surface area contributed by atoms with E-state index < -0.39 is 24.5 Å². The fourth-order valence-electron chi connectivity index (χ4n) is 5.55. The summed E-state index contributed by atoms with van der Waals surface area (Å²) in [6.45, 7) is 3.31. The van der Waals surface area contributed by atoms with Crippen LogP contribution in [-0.2, 0) is 9.47 Å². The number of rotatable bonds is 6. The van der Waals surface area contributed by atoms with Gasteiger partial charge in [0.15, 0.2) is 29.3 Å². The Balaban J connectivity index is 1.16. The Morgan fingerprint density at radius 1 is 1.08 bits per heavy atom. The number of amides is 1. The van der Waals surface area contributed by atoms with E-state index in [0.29, 0.717) is 42.6 Å². The van der Waals surface area contributed by atoms with Gasteiger partial charge in [-0.15, -0.1) is 10.2 Å². The summed E-state index contributed by atoms with van der Waals surface area (Å²) in [6, 6.07) is 0.0926. The number of fused-ring (bicyclic) bond motifs is 1. The highest BCUT2D eigenvalue weighted by atomic mass is 16.6. The highest BCUT2D eigenvalue weighted by molar-refractivity contribution is 5.82. The van der Waals surface area contributed by atoms with Crippen LogP contribution in [0.25, 0.3) is 11.2 Å². The van der Waals surface area contributed by atoms with Crippen molar-refractivity contribution in [1.29, 1.82) is 0 Å². The topological polar surface area (TPSA) is 174 Å². The molecule has 1 amide bonds. The normalized spacial score (nSPS) is 26.9. The number of aliphatic hydroxyl groups excluding tert-OH is 2. The van der Waals surface area contributed by atoms with Gasteiger partial charge in [-0.1, -0.05) is 12.8 Å². The van der Waals surface area contributed by atoms with Crippen molar-refractivity contribution in [3.63, 3.8) is 0 Å². The first-order valence-corrected chi connectivity index (χ1v) is 13.2. The molecule has 3 aromatic rings. The molecule has 204 valence electrons. The van der Waals surface area contributed by atoms with Crippen molar-refractivity contribution in [3.05, 3.63) is 24.4 Å². The molecule has 5 heterocycles. The number of nitrogens with one attached hydrogen (secondary N) is 1. The Bertz CT molecular complexity index is 1270. The Morgan fingerprint density at radius 2 is 1.84 bits per heavy atom. The van der Waals surface area contributed by atoms with Crippen LogP contribution < -0.4 is 5.32 Å². The first-order valence-electron chi connectivity index (χ1n) is 13.2. The number of ether oxygens (including phenoxy) is 2. The number of aromatic nitrogens is 6. The van der Waals surface area contributed by atoms with Gasteiger partial charge < -0.3 is 34.3 Å². The summed E-state index contributed by atoms with van der Waals surface area (Å²) in [5, 5.41) is 33.3. The smallest absolute Gasteiger partial charge is 0.409 e. The summed E-state index contributed by atoms with van der Waals surface area (Å²) in [4.78, 5) is 26.9. The summed E-state index contributed by atoms with van der Waals surface area (Å²) in [7, 11) is 0. The fourth-order valence-corrected chi connectivity index (χ4v) is 5.55. The summed E-state index contributed by atoms with van der Waals surface area (Å²) in [6.07, 6.45) is 3.90. The minimum atomic E-state index is -1.27. The Morgan fingerprint density at radius 3 is 2.61 bits per heavy atom. The number of likely N-dealkylation sites (tertiary alicyclic amines) is 1. The SMILES string of the molecule is CCOC(=O)N1CCC(Nc2ncnc3c2ncn3[C@@H]2O[C@H](c3nnc(C4CCCC4)o3)[C@@H](O)[C@@H]2O)CC1. The van der Waals surface area contributed by atoms with Crippen LogP contribution in [0.5, 0.6) is 0 Å². The molecule has 2 saturated heterocycles. The molecule has 14 heteroatoms. The van der Waals surface area contributed by atoms with E-state index in [1.807, 2.05) is 0 Å². The number of hydrogen-bond donors (Lipinski definition) is 3. The standard InChI is InChI=1S/C24H32N8O6/c1-2-36-24(35)31-9-7-14(8-10-31)28-19-15-20(26-11-25-19)32(12-27-15)23-17(34)16(33)18(37-23)22-30-29-21(38-22)13-5-3-4-6-13/h11-14,16-18,23,33-34H,2-10H2,1H3,(H,25,26,28)/t16-,17-,18-,23+/m0/s1. The Kier molecular flexibility index (Phi) is 6.84. The van der Waals surface area contributed by atoms with Crippen LogP contribution in [0.4, 0.5) is 10.6 Å². The van der Waals surface area contributed by atoms with Gasteiger partial charge in [0.2, 0.25) is 11.8 Å². The van der Waals surface area contributed by atoms with Gasteiger partial charge in [0.25, 0.3) is 0 Å². The van der Waals surface area contributed by atoms with E-state index in [-0.39, 0.29) is 23.9 Å². The summed E-state index contributed by atoms with van der Waals surface area (Å²) >= 11 is 0. The largest absolute Gasteiger partial charge is 0.450 e. The summed E-state index contributed by atoms with van der Waals surface area (Å²) in [5.41, 5.74) is 0.955. The zero-order valence-corrected chi connectivity index (χ0v) is 21.1. The van der Waals surface area contributed by atoms with Crippen molar-refractivity contribution in [3.8, 4) is 0 Å². The number of carbonyl (C=O) groups excluding carboxylic acids is 1. The van der Waals surface area contributed by atoms with Crippen molar-refractivity contribution < 1.29 is 28.9 Å². The fraction of sp³-hybridized carbons (Fsp3) is 0.667. The number of carbonyl (C=O) groups is 1. The van der Waals surface area contributed by atoms with E-state index in [4.69, 9.17) is 13.9 Å². The molecule has 14 nitrogen and oxygen atoms in total. The van der Waals surface area contributed by atoms with Crippen LogP contribution in [0.15, 0.2) is 17.1 Å². The van der Waals surface area contributed by atoms with E-state index >= 15 is 0 Å². The third-order valence-corrected chi connectivity index (χ3v) is 7.64. The molecule has 1 saturated carbocycles. The predicted molar refractivity (Wildman–Crippen MR) is 131 cm³/mol. The van der Waals surface area contributed by atoms with E-state index in [9.17, 15) is 15.0 Å². The zero-order valence-electron chi connectivity index (χ0n) is 21.1. The maximum Gasteiger partial charge on any atom is 0.409 e. The number of anilines is 1. The van der Waals surface area contributed by atoms with Crippen LogP contribution in [-0.4, -0.2) is 88.9 Å². The summed E-state index contributed by atoms with van der Waals surface area (Å²) in [5.74, 6) is 1.48. The monoisotopic (exact) mass is 528 g/mol. The Labute approximate surface area is 218 Å². The lowest BCUT2D eigenvalue weighted by Gasteiger charge is -2.31. The maximum absolute atomic E-state index is 12.0. The van der Waals surface area contributed by atoms with Gasteiger partial charge in [0.05, 0.1) is 12.9 Å². The number of hydrogen-bond acceptors (Lipinski definition) is 12. The second-order valence-electron chi connectivity index (χ2n) is 10.0. The lowest BCUT2D eigenvalue weighted by Crippen LogP contribution is -2.42. The third kappa shape index (κ3) is 4.56. The van der Waals surface area contributed by atoms with Crippen LogP contribution >= 0.6 is 0 Å². The van der Waals surface area contributed by atoms with Crippen molar-refractivity contribution >= 4 is 23.1 Å². The van der Waals surface area contributed by atoms with Gasteiger partial charge in [-0.25, -0.2) is 19.7 Å². The third-order valence-electron chi connectivity index (χ3n) is 7.64. The molecule has 3 fully saturated rings. The van der Waals surface area contributed by atoms with Crippen molar-refractivity contribution in [2.24, 2.45) is 0 Å². The lowest BCUT2D eigenvalue weighted by molar-refractivity contribution is -0.0440. The molecule has 3 aliphatic rings. The van der Waals surface area contributed by atoms with Gasteiger partial charge in [-0.3, -0.25) is 4.57 Å². The number of imidazole rings is 1.